The Morgan fingerprint density at radius 3 is 2.56 bits per heavy atom. The minimum absolute atomic E-state index is 0.138. The SMILES string of the molecule is O=C([C@@H]1CCCN(Cc2cccnc2)C1)N1CCN(c2ccccc2)CC1. The molecular weight excluding hydrogens is 336 g/mol. The number of piperazine rings is 1. The third-order valence-electron chi connectivity index (χ3n) is 5.70. The summed E-state index contributed by atoms with van der Waals surface area (Å²) in [6.45, 7) is 6.32. The number of aromatic nitrogens is 1. The van der Waals surface area contributed by atoms with Crippen LogP contribution in [-0.2, 0) is 11.3 Å². The summed E-state index contributed by atoms with van der Waals surface area (Å²) in [6.07, 6.45) is 5.84. The molecule has 0 spiro atoms. The van der Waals surface area contributed by atoms with E-state index in [0.29, 0.717) is 5.91 Å². The average Bonchev–Trinajstić information content (AvgIpc) is 2.75. The molecule has 0 unspecified atom stereocenters. The Kier molecular flexibility index (Phi) is 5.68. The number of carbonyl (C=O) groups is 1. The van der Waals surface area contributed by atoms with E-state index in [-0.39, 0.29) is 5.92 Å². The van der Waals surface area contributed by atoms with Crippen LogP contribution in [0.5, 0.6) is 0 Å². The maximum absolute atomic E-state index is 13.1. The number of likely N-dealkylation sites (tertiary alicyclic amines) is 1. The molecule has 3 heterocycles. The van der Waals surface area contributed by atoms with Gasteiger partial charge in [-0.15, -0.1) is 0 Å². The van der Waals surface area contributed by atoms with Crippen LogP contribution >= 0.6 is 0 Å². The van der Waals surface area contributed by atoms with Gasteiger partial charge in [-0.05, 0) is 43.1 Å². The van der Waals surface area contributed by atoms with Crippen molar-refractivity contribution in [2.75, 3.05) is 44.2 Å². The number of rotatable bonds is 4. The molecule has 0 saturated carbocycles. The van der Waals surface area contributed by atoms with Crippen molar-refractivity contribution in [2.24, 2.45) is 5.92 Å². The summed E-state index contributed by atoms with van der Waals surface area (Å²) < 4.78 is 0. The van der Waals surface area contributed by atoms with Gasteiger partial charge >= 0.3 is 0 Å². The number of hydrogen-bond acceptors (Lipinski definition) is 4. The van der Waals surface area contributed by atoms with Gasteiger partial charge in [0.05, 0.1) is 5.92 Å². The van der Waals surface area contributed by atoms with Gasteiger partial charge in [-0.25, -0.2) is 0 Å². The molecule has 1 aromatic heterocycles. The van der Waals surface area contributed by atoms with Gasteiger partial charge in [-0.2, -0.15) is 0 Å². The highest BCUT2D eigenvalue weighted by molar-refractivity contribution is 5.79. The van der Waals surface area contributed by atoms with Gasteiger partial charge in [0.25, 0.3) is 0 Å². The van der Waals surface area contributed by atoms with Crippen molar-refractivity contribution in [3.8, 4) is 0 Å². The van der Waals surface area contributed by atoms with E-state index < -0.39 is 0 Å². The number of piperidine rings is 1. The van der Waals surface area contributed by atoms with E-state index in [0.717, 1.165) is 58.7 Å². The zero-order valence-corrected chi connectivity index (χ0v) is 15.8. The highest BCUT2D eigenvalue weighted by Gasteiger charge is 2.31. The van der Waals surface area contributed by atoms with Gasteiger partial charge < -0.3 is 9.80 Å². The van der Waals surface area contributed by atoms with Gasteiger partial charge in [0.2, 0.25) is 5.91 Å². The van der Waals surface area contributed by atoms with Crippen LogP contribution in [0.2, 0.25) is 0 Å². The van der Waals surface area contributed by atoms with Crippen molar-refractivity contribution in [1.82, 2.24) is 14.8 Å². The fourth-order valence-corrected chi connectivity index (χ4v) is 4.23. The molecule has 142 valence electrons. The van der Waals surface area contributed by atoms with Crippen molar-refractivity contribution in [3.63, 3.8) is 0 Å². The molecule has 2 saturated heterocycles. The van der Waals surface area contributed by atoms with E-state index in [4.69, 9.17) is 0 Å². The predicted molar refractivity (Wildman–Crippen MR) is 107 cm³/mol. The quantitative estimate of drug-likeness (QED) is 0.836. The number of anilines is 1. The molecule has 1 atom stereocenters. The lowest BCUT2D eigenvalue weighted by Crippen LogP contribution is -2.52. The van der Waals surface area contributed by atoms with Gasteiger partial charge in [-0.3, -0.25) is 14.7 Å². The monoisotopic (exact) mass is 364 g/mol. The first-order valence-electron chi connectivity index (χ1n) is 9.99. The first-order chi connectivity index (χ1) is 13.3. The first kappa shape index (κ1) is 18.0. The summed E-state index contributed by atoms with van der Waals surface area (Å²) >= 11 is 0. The molecule has 2 fully saturated rings. The Hall–Kier alpha value is -2.40. The van der Waals surface area contributed by atoms with E-state index in [9.17, 15) is 4.79 Å². The highest BCUT2D eigenvalue weighted by atomic mass is 16.2. The van der Waals surface area contributed by atoms with Crippen LogP contribution in [0.25, 0.3) is 0 Å². The molecule has 2 aliphatic rings. The van der Waals surface area contributed by atoms with E-state index >= 15 is 0 Å². The second-order valence-electron chi connectivity index (χ2n) is 7.58. The molecule has 5 nitrogen and oxygen atoms in total. The number of carbonyl (C=O) groups excluding carboxylic acids is 1. The second kappa shape index (κ2) is 8.53. The standard InChI is InChI=1S/C22H28N4O/c27-22(26-14-12-25(13-15-26)21-8-2-1-3-9-21)20-7-5-11-24(18-20)17-19-6-4-10-23-16-19/h1-4,6,8-10,16,20H,5,7,11-15,17-18H2/t20-/m1/s1. The summed E-state index contributed by atoms with van der Waals surface area (Å²) in [7, 11) is 0. The van der Waals surface area contributed by atoms with Crippen LogP contribution in [0.1, 0.15) is 18.4 Å². The van der Waals surface area contributed by atoms with Crippen molar-refractivity contribution in [2.45, 2.75) is 19.4 Å². The summed E-state index contributed by atoms with van der Waals surface area (Å²) in [4.78, 5) is 24.1. The van der Waals surface area contributed by atoms with Crippen molar-refractivity contribution in [3.05, 3.63) is 60.4 Å². The fourth-order valence-electron chi connectivity index (χ4n) is 4.23. The molecule has 0 aliphatic carbocycles. The number of nitrogens with zero attached hydrogens (tertiary/aromatic N) is 4. The lowest BCUT2D eigenvalue weighted by Gasteiger charge is -2.39. The molecule has 5 heteroatoms. The molecule has 0 N–H and O–H groups in total. The fraction of sp³-hybridized carbons (Fsp3) is 0.455. The van der Waals surface area contributed by atoms with Gasteiger partial charge in [0.1, 0.15) is 0 Å². The van der Waals surface area contributed by atoms with Crippen molar-refractivity contribution in [1.29, 1.82) is 0 Å². The van der Waals surface area contributed by atoms with E-state index in [1.807, 2.05) is 18.3 Å². The number of hydrogen-bond donors (Lipinski definition) is 0. The average molecular weight is 364 g/mol. The minimum atomic E-state index is 0.138. The highest BCUT2D eigenvalue weighted by Crippen LogP contribution is 2.22. The molecule has 2 aromatic rings. The molecule has 2 aliphatic heterocycles. The zero-order valence-electron chi connectivity index (χ0n) is 15.8. The lowest BCUT2D eigenvalue weighted by atomic mass is 9.95. The Labute approximate surface area is 161 Å². The van der Waals surface area contributed by atoms with Crippen molar-refractivity contribution >= 4 is 11.6 Å². The summed E-state index contributed by atoms with van der Waals surface area (Å²) in [5.41, 5.74) is 2.48. The maximum atomic E-state index is 13.1. The van der Waals surface area contributed by atoms with Gasteiger partial charge in [0, 0.05) is 57.3 Å². The molecule has 27 heavy (non-hydrogen) atoms. The number of amides is 1. The van der Waals surface area contributed by atoms with Crippen LogP contribution < -0.4 is 4.90 Å². The Morgan fingerprint density at radius 1 is 1.00 bits per heavy atom. The van der Waals surface area contributed by atoms with E-state index in [1.54, 1.807) is 6.20 Å². The van der Waals surface area contributed by atoms with Gasteiger partial charge in [-0.1, -0.05) is 24.3 Å². The summed E-state index contributed by atoms with van der Waals surface area (Å²) in [5.74, 6) is 0.484. The van der Waals surface area contributed by atoms with Crippen LogP contribution in [0.3, 0.4) is 0 Å². The molecule has 0 radical (unpaired) electrons. The predicted octanol–water partition coefficient (Wildman–Crippen LogP) is 2.64. The lowest BCUT2D eigenvalue weighted by molar-refractivity contribution is -0.137. The van der Waals surface area contributed by atoms with E-state index in [2.05, 4.69) is 50.0 Å². The summed E-state index contributed by atoms with van der Waals surface area (Å²) in [6, 6.07) is 14.6. The molecular formula is C22H28N4O. The Morgan fingerprint density at radius 2 is 1.81 bits per heavy atom. The minimum Gasteiger partial charge on any atom is -0.368 e. The normalized spacial score (nSPS) is 21.3. The topological polar surface area (TPSA) is 39.7 Å². The Balaban J connectivity index is 1.30. The summed E-state index contributed by atoms with van der Waals surface area (Å²) in [5, 5.41) is 0. The second-order valence-corrected chi connectivity index (χ2v) is 7.58. The molecule has 0 bridgehead atoms. The third kappa shape index (κ3) is 4.48. The first-order valence-corrected chi connectivity index (χ1v) is 9.99. The molecule has 1 aromatic carbocycles. The molecule has 1 amide bonds. The number of pyridine rings is 1. The van der Waals surface area contributed by atoms with Gasteiger partial charge in [0.15, 0.2) is 0 Å². The van der Waals surface area contributed by atoms with Crippen LogP contribution in [0.15, 0.2) is 54.9 Å². The molecule has 4 rings (SSSR count). The van der Waals surface area contributed by atoms with Crippen LogP contribution in [0, 0.1) is 5.92 Å². The number of benzene rings is 1. The smallest absolute Gasteiger partial charge is 0.227 e. The van der Waals surface area contributed by atoms with E-state index in [1.165, 1.54) is 11.3 Å². The zero-order chi connectivity index (χ0) is 18.5. The Bertz CT molecular complexity index is 728. The number of para-hydroxylation sites is 1. The van der Waals surface area contributed by atoms with Crippen LogP contribution in [-0.4, -0.2) is 60.0 Å². The third-order valence-corrected chi connectivity index (χ3v) is 5.70. The van der Waals surface area contributed by atoms with Crippen molar-refractivity contribution < 1.29 is 4.79 Å². The maximum Gasteiger partial charge on any atom is 0.227 e. The largest absolute Gasteiger partial charge is 0.368 e. The van der Waals surface area contributed by atoms with Crippen LogP contribution in [0.4, 0.5) is 5.69 Å².